The number of anilines is 1. The first-order valence-electron chi connectivity index (χ1n) is 10.8. The van der Waals surface area contributed by atoms with Gasteiger partial charge in [-0.1, -0.05) is 0 Å². The molecule has 0 N–H and O–H groups in total. The fourth-order valence-electron chi connectivity index (χ4n) is 5.26. The van der Waals surface area contributed by atoms with Gasteiger partial charge >= 0.3 is 0 Å². The van der Waals surface area contributed by atoms with E-state index in [2.05, 4.69) is 33.0 Å². The van der Waals surface area contributed by atoms with Crippen molar-refractivity contribution in [3.05, 3.63) is 58.4 Å². The lowest BCUT2D eigenvalue weighted by molar-refractivity contribution is 0.387. The summed E-state index contributed by atoms with van der Waals surface area (Å²) in [5.41, 5.74) is 5.61. The third-order valence-electron chi connectivity index (χ3n) is 6.70. The van der Waals surface area contributed by atoms with Gasteiger partial charge in [-0.3, -0.25) is 14.2 Å². The Morgan fingerprint density at radius 3 is 2.48 bits per heavy atom. The van der Waals surface area contributed by atoms with Crippen molar-refractivity contribution >= 4 is 16.9 Å². The molecule has 0 amide bonds. The molecule has 158 valence electrons. The summed E-state index contributed by atoms with van der Waals surface area (Å²) in [6.07, 6.45) is 3.81. The van der Waals surface area contributed by atoms with Crippen molar-refractivity contribution in [2.45, 2.75) is 13.8 Å². The SMILES string of the molecule is Cc1cn2nc(-c3cc(=O)n4cc(N5C[C@H]6CN(C)C[C@H]6C5)ccc4n3)cc2c(C)n1. The fraction of sp³-hybridized carbons (Fsp3) is 0.391. The Hall–Kier alpha value is -3.26. The summed E-state index contributed by atoms with van der Waals surface area (Å²) in [5.74, 6) is 1.43. The van der Waals surface area contributed by atoms with Crippen LogP contribution in [0.25, 0.3) is 22.6 Å². The average molecular weight is 416 g/mol. The van der Waals surface area contributed by atoms with Crippen LogP contribution in [0.2, 0.25) is 0 Å². The standard InChI is InChI=1S/C23H25N7O/c1-14-8-30-21(15(2)24-14)6-20(26-30)19-7-23(31)29-13-18(4-5-22(29)25-19)28-11-16-9-27(3)10-17(16)12-28/h4-8,13,16-17H,9-12H2,1-3H3/t16-,17+. The molecule has 8 nitrogen and oxygen atoms in total. The Balaban J connectivity index is 1.37. The second kappa shape index (κ2) is 6.62. The van der Waals surface area contributed by atoms with Crippen molar-refractivity contribution in [2.75, 3.05) is 38.1 Å². The molecule has 0 spiro atoms. The van der Waals surface area contributed by atoms with E-state index in [4.69, 9.17) is 4.98 Å². The maximum Gasteiger partial charge on any atom is 0.258 e. The lowest BCUT2D eigenvalue weighted by atomic mass is 10.0. The second-order valence-electron chi connectivity index (χ2n) is 9.07. The van der Waals surface area contributed by atoms with Crippen LogP contribution in [0.3, 0.4) is 0 Å². The zero-order valence-corrected chi connectivity index (χ0v) is 18.0. The molecule has 4 aromatic rings. The molecule has 6 heterocycles. The van der Waals surface area contributed by atoms with Crippen molar-refractivity contribution in [3.63, 3.8) is 0 Å². The summed E-state index contributed by atoms with van der Waals surface area (Å²) in [7, 11) is 2.20. The van der Waals surface area contributed by atoms with Crippen molar-refractivity contribution in [2.24, 2.45) is 11.8 Å². The third kappa shape index (κ3) is 3.01. The number of hydrogen-bond donors (Lipinski definition) is 0. The van der Waals surface area contributed by atoms with Crippen molar-refractivity contribution in [3.8, 4) is 11.4 Å². The summed E-state index contributed by atoms with van der Waals surface area (Å²) in [6, 6.07) is 7.53. The van der Waals surface area contributed by atoms with Gasteiger partial charge in [0.15, 0.2) is 0 Å². The maximum absolute atomic E-state index is 13.0. The number of nitrogens with zero attached hydrogens (tertiary/aromatic N) is 7. The van der Waals surface area contributed by atoms with E-state index in [-0.39, 0.29) is 5.56 Å². The first-order valence-corrected chi connectivity index (χ1v) is 10.8. The first-order chi connectivity index (χ1) is 14.9. The number of hydrogen-bond acceptors (Lipinski definition) is 6. The van der Waals surface area contributed by atoms with Gasteiger partial charge in [-0.05, 0) is 50.9 Å². The molecule has 0 bridgehead atoms. The Morgan fingerprint density at radius 2 is 1.71 bits per heavy atom. The number of likely N-dealkylation sites (tertiary alicyclic amines) is 1. The third-order valence-corrected chi connectivity index (χ3v) is 6.70. The van der Waals surface area contributed by atoms with Gasteiger partial charge in [-0.25, -0.2) is 9.50 Å². The molecule has 6 rings (SSSR count). The summed E-state index contributed by atoms with van der Waals surface area (Å²) in [5, 5.41) is 4.63. The minimum Gasteiger partial charge on any atom is -0.370 e. The van der Waals surface area contributed by atoms with Gasteiger partial charge in [0.05, 0.1) is 34.5 Å². The molecule has 2 aliphatic rings. The van der Waals surface area contributed by atoms with Crippen molar-refractivity contribution in [1.29, 1.82) is 0 Å². The van der Waals surface area contributed by atoms with E-state index >= 15 is 0 Å². The van der Waals surface area contributed by atoms with Crippen LogP contribution in [0.15, 0.2) is 41.5 Å². The summed E-state index contributed by atoms with van der Waals surface area (Å²) < 4.78 is 3.45. The van der Waals surface area contributed by atoms with Crippen LogP contribution in [0, 0.1) is 25.7 Å². The van der Waals surface area contributed by atoms with E-state index in [9.17, 15) is 4.79 Å². The molecule has 0 aliphatic carbocycles. The van der Waals surface area contributed by atoms with Gasteiger partial charge < -0.3 is 9.80 Å². The van der Waals surface area contributed by atoms with Gasteiger partial charge in [-0.2, -0.15) is 5.10 Å². The molecule has 8 heteroatoms. The topological polar surface area (TPSA) is 71.0 Å². The van der Waals surface area contributed by atoms with Crippen LogP contribution >= 0.6 is 0 Å². The van der Waals surface area contributed by atoms with Gasteiger partial charge in [0, 0.05) is 38.4 Å². The second-order valence-corrected chi connectivity index (χ2v) is 9.07. The highest BCUT2D eigenvalue weighted by Crippen LogP contribution is 2.33. The lowest BCUT2D eigenvalue weighted by Crippen LogP contribution is -2.27. The van der Waals surface area contributed by atoms with Crippen LogP contribution in [0.1, 0.15) is 11.4 Å². The van der Waals surface area contributed by atoms with E-state index in [0.29, 0.717) is 17.0 Å². The van der Waals surface area contributed by atoms with Crippen LogP contribution in [-0.2, 0) is 0 Å². The number of fused-ring (bicyclic) bond motifs is 3. The molecule has 0 saturated carbocycles. The van der Waals surface area contributed by atoms with Crippen LogP contribution in [0.4, 0.5) is 5.69 Å². The largest absolute Gasteiger partial charge is 0.370 e. The average Bonchev–Trinajstić information content (AvgIpc) is 3.40. The first kappa shape index (κ1) is 18.5. The minimum absolute atomic E-state index is 0.0935. The highest BCUT2D eigenvalue weighted by Gasteiger charge is 2.38. The van der Waals surface area contributed by atoms with Gasteiger partial charge in [0.1, 0.15) is 11.3 Å². The zero-order chi connectivity index (χ0) is 21.3. The molecular formula is C23H25N7O. The van der Waals surface area contributed by atoms with Crippen LogP contribution < -0.4 is 10.5 Å². The highest BCUT2D eigenvalue weighted by atomic mass is 16.1. The summed E-state index contributed by atoms with van der Waals surface area (Å²) >= 11 is 0. The van der Waals surface area contributed by atoms with E-state index in [0.717, 1.165) is 60.6 Å². The molecule has 31 heavy (non-hydrogen) atoms. The predicted octanol–water partition coefficient (Wildman–Crippen LogP) is 2.02. The summed E-state index contributed by atoms with van der Waals surface area (Å²) in [6.45, 7) is 8.32. The number of rotatable bonds is 2. The van der Waals surface area contributed by atoms with E-state index in [1.165, 1.54) is 0 Å². The molecule has 2 fully saturated rings. The number of aryl methyl sites for hydroxylation is 2. The Kier molecular flexibility index (Phi) is 3.95. The molecule has 4 aromatic heterocycles. The molecule has 2 atom stereocenters. The fourth-order valence-corrected chi connectivity index (χ4v) is 5.26. The molecule has 0 radical (unpaired) electrons. The summed E-state index contributed by atoms with van der Waals surface area (Å²) in [4.78, 5) is 27.0. The maximum atomic E-state index is 13.0. The molecule has 2 saturated heterocycles. The van der Waals surface area contributed by atoms with Gasteiger partial charge in [-0.15, -0.1) is 0 Å². The number of aromatic nitrogens is 5. The lowest BCUT2D eigenvalue weighted by Gasteiger charge is -2.21. The Morgan fingerprint density at radius 1 is 0.935 bits per heavy atom. The normalized spacial score (nSPS) is 21.5. The number of pyridine rings is 1. The van der Waals surface area contributed by atoms with Crippen molar-refractivity contribution in [1.82, 2.24) is 28.9 Å². The van der Waals surface area contributed by atoms with E-state index in [1.807, 2.05) is 38.4 Å². The Labute approximate surface area is 179 Å². The quantitative estimate of drug-likeness (QED) is 0.499. The Bertz CT molecular complexity index is 1370. The zero-order valence-electron chi connectivity index (χ0n) is 18.0. The molecule has 0 unspecified atom stereocenters. The van der Waals surface area contributed by atoms with Crippen molar-refractivity contribution < 1.29 is 0 Å². The molecule has 0 aromatic carbocycles. The molecule has 2 aliphatic heterocycles. The van der Waals surface area contributed by atoms with E-state index < -0.39 is 0 Å². The van der Waals surface area contributed by atoms with Crippen LogP contribution in [-0.4, -0.2) is 62.1 Å². The molecular weight excluding hydrogens is 390 g/mol. The van der Waals surface area contributed by atoms with Gasteiger partial charge in [0.25, 0.3) is 5.56 Å². The van der Waals surface area contributed by atoms with E-state index in [1.54, 1.807) is 15.0 Å². The van der Waals surface area contributed by atoms with Gasteiger partial charge in [0.2, 0.25) is 0 Å². The monoisotopic (exact) mass is 415 g/mol. The predicted molar refractivity (Wildman–Crippen MR) is 120 cm³/mol. The van der Waals surface area contributed by atoms with Crippen LogP contribution in [0.5, 0.6) is 0 Å². The highest BCUT2D eigenvalue weighted by molar-refractivity contribution is 5.66. The smallest absolute Gasteiger partial charge is 0.258 e. The minimum atomic E-state index is -0.0935.